The number of aryl methyl sites for hydroxylation is 2. The molecule has 6 heteroatoms. The third-order valence-corrected chi connectivity index (χ3v) is 5.36. The number of carbonyl (C=O) groups is 1. The van der Waals surface area contributed by atoms with Crippen molar-refractivity contribution in [2.45, 2.75) is 25.7 Å². The summed E-state index contributed by atoms with van der Waals surface area (Å²) in [7, 11) is 0. The van der Waals surface area contributed by atoms with Crippen LogP contribution in [-0.4, -0.2) is 22.4 Å². The maximum atomic E-state index is 14.1. The number of para-hydroxylation sites is 1. The van der Waals surface area contributed by atoms with Crippen molar-refractivity contribution in [3.8, 4) is 5.69 Å². The highest BCUT2D eigenvalue weighted by molar-refractivity contribution is 8.00. The number of amides is 1. The number of carbonyl (C=O) groups excluding carboxylic acids is 1. The Morgan fingerprint density at radius 2 is 1.86 bits per heavy atom. The molecule has 1 heterocycles. The summed E-state index contributed by atoms with van der Waals surface area (Å²) in [5, 5.41) is 4.05. The molecule has 0 unspecified atom stereocenters. The largest absolute Gasteiger partial charge is 0.315 e. The van der Waals surface area contributed by atoms with Crippen LogP contribution in [0, 0.1) is 26.6 Å². The highest BCUT2D eigenvalue weighted by atomic mass is 32.2. The number of benzene rings is 2. The average molecular weight is 396 g/mol. The predicted molar refractivity (Wildman–Crippen MR) is 113 cm³/mol. The van der Waals surface area contributed by atoms with Crippen LogP contribution < -0.4 is 5.43 Å². The Hall–Kier alpha value is -2.86. The summed E-state index contributed by atoms with van der Waals surface area (Å²) in [5.41, 5.74) is 6.80. The Balaban J connectivity index is 1.63. The highest BCUT2D eigenvalue weighted by Gasteiger charge is 2.12. The van der Waals surface area contributed by atoms with Crippen LogP contribution >= 0.6 is 11.8 Å². The number of hydrazone groups is 1. The predicted octanol–water partition coefficient (Wildman–Crippen LogP) is 4.78. The zero-order valence-corrected chi connectivity index (χ0v) is 16.9. The lowest BCUT2D eigenvalue weighted by atomic mass is 10.2. The van der Waals surface area contributed by atoms with E-state index in [9.17, 15) is 9.18 Å². The number of nitrogens with one attached hydrogen (secondary N) is 1. The Kier molecular flexibility index (Phi) is 6.31. The number of thioether (sulfide) groups is 1. The molecule has 144 valence electrons. The molecule has 3 rings (SSSR count). The van der Waals surface area contributed by atoms with Crippen molar-refractivity contribution in [2.75, 3.05) is 5.75 Å². The number of rotatable bonds is 6. The minimum Gasteiger partial charge on any atom is -0.315 e. The molecule has 0 fully saturated rings. The fraction of sp³-hybridized carbons (Fsp3) is 0.182. The molecule has 28 heavy (non-hydrogen) atoms. The van der Waals surface area contributed by atoms with E-state index in [0.717, 1.165) is 21.8 Å². The molecule has 0 saturated heterocycles. The quantitative estimate of drug-likeness (QED) is 0.371. The van der Waals surface area contributed by atoms with Crippen molar-refractivity contribution in [1.29, 1.82) is 0 Å². The van der Waals surface area contributed by atoms with Crippen LogP contribution in [0.5, 0.6) is 0 Å². The number of hydrogen-bond donors (Lipinski definition) is 1. The normalized spacial score (nSPS) is 11.1. The van der Waals surface area contributed by atoms with Crippen molar-refractivity contribution in [3.63, 3.8) is 0 Å². The molecule has 0 aliphatic rings. The zero-order chi connectivity index (χ0) is 20.1. The summed E-state index contributed by atoms with van der Waals surface area (Å²) in [6, 6.07) is 16.6. The van der Waals surface area contributed by atoms with E-state index in [1.54, 1.807) is 24.4 Å². The van der Waals surface area contributed by atoms with Crippen molar-refractivity contribution in [1.82, 2.24) is 9.99 Å². The molecular formula is C22H22FN3OS. The van der Waals surface area contributed by atoms with Gasteiger partial charge in [0.05, 0.1) is 17.7 Å². The highest BCUT2D eigenvalue weighted by Crippen LogP contribution is 2.22. The van der Waals surface area contributed by atoms with E-state index in [1.165, 1.54) is 23.4 Å². The van der Waals surface area contributed by atoms with Crippen molar-refractivity contribution < 1.29 is 9.18 Å². The molecule has 0 atom stereocenters. The van der Waals surface area contributed by atoms with Crippen LogP contribution in [0.15, 0.2) is 64.6 Å². The van der Waals surface area contributed by atoms with Gasteiger partial charge in [-0.05, 0) is 51.1 Å². The fourth-order valence-electron chi connectivity index (χ4n) is 2.91. The molecule has 1 aromatic heterocycles. The van der Waals surface area contributed by atoms with Gasteiger partial charge in [0.15, 0.2) is 0 Å². The minimum atomic E-state index is -0.283. The first-order chi connectivity index (χ1) is 13.5. The van der Waals surface area contributed by atoms with E-state index in [4.69, 9.17) is 0 Å². The second-order valence-electron chi connectivity index (χ2n) is 6.51. The van der Waals surface area contributed by atoms with Gasteiger partial charge in [-0.3, -0.25) is 4.79 Å². The van der Waals surface area contributed by atoms with E-state index in [2.05, 4.69) is 10.5 Å². The minimum absolute atomic E-state index is 0.176. The lowest BCUT2D eigenvalue weighted by molar-refractivity contribution is -0.118. The van der Waals surface area contributed by atoms with E-state index in [0.29, 0.717) is 5.69 Å². The lowest BCUT2D eigenvalue weighted by Gasteiger charge is -2.10. The molecule has 0 spiro atoms. The van der Waals surface area contributed by atoms with Crippen LogP contribution in [0.3, 0.4) is 0 Å². The molecule has 1 N–H and O–H groups in total. The van der Waals surface area contributed by atoms with Crippen LogP contribution in [0.25, 0.3) is 5.69 Å². The molecule has 0 saturated carbocycles. The molecule has 0 aliphatic heterocycles. The number of hydrogen-bond acceptors (Lipinski definition) is 3. The third kappa shape index (κ3) is 4.70. The van der Waals surface area contributed by atoms with Gasteiger partial charge in [0, 0.05) is 21.8 Å². The van der Waals surface area contributed by atoms with Gasteiger partial charge in [-0.25, -0.2) is 9.82 Å². The van der Waals surface area contributed by atoms with Crippen LogP contribution in [0.1, 0.15) is 22.5 Å². The van der Waals surface area contributed by atoms with E-state index in [1.807, 2.05) is 55.7 Å². The summed E-state index contributed by atoms with van der Waals surface area (Å²) in [5.74, 6) is -0.173. The molecule has 2 aromatic carbocycles. The molecule has 0 radical (unpaired) electrons. The first-order valence-corrected chi connectivity index (χ1v) is 9.89. The van der Waals surface area contributed by atoms with E-state index < -0.39 is 0 Å². The van der Waals surface area contributed by atoms with Gasteiger partial charge < -0.3 is 4.57 Å². The van der Waals surface area contributed by atoms with E-state index in [-0.39, 0.29) is 17.5 Å². The zero-order valence-electron chi connectivity index (χ0n) is 16.1. The maximum Gasteiger partial charge on any atom is 0.250 e. The molecule has 4 nitrogen and oxygen atoms in total. The summed E-state index contributed by atoms with van der Waals surface area (Å²) in [6.07, 6.45) is 1.59. The van der Waals surface area contributed by atoms with Gasteiger partial charge in [0.25, 0.3) is 0 Å². The molecule has 0 aliphatic carbocycles. The summed E-state index contributed by atoms with van der Waals surface area (Å²) < 4.78 is 16.0. The van der Waals surface area contributed by atoms with Crippen LogP contribution in [0.4, 0.5) is 4.39 Å². The van der Waals surface area contributed by atoms with Gasteiger partial charge >= 0.3 is 0 Å². The summed E-state index contributed by atoms with van der Waals surface area (Å²) in [4.78, 5) is 13.0. The van der Waals surface area contributed by atoms with Crippen LogP contribution in [-0.2, 0) is 4.79 Å². The van der Waals surface area contributed by atoms with E-state index >= 15 is 0 Å². The number of aromatic nitrogens is 1. The lowest BCUT2D eigenvalue weighted by Crippen LogP contribution is -2.19. The molecule has 0 bridgehead atoms. The second kappa shape index (κ2) is 8.89. The van der Waals surface area contributed by atoms with Gasteiger partial charge in [-0.1, -0.05) is 29.8 Å². The standard InChI is InChI=1S/C22H22FN3OS/c1-15-8-10-19(11-9-15)28-14-22(27)25-24-13-18-12-16(2)26(17(18)3)21-7-5-4-6-20(21)23/h4-13H,14H2,1-3H3,(H,25,27)/b24-13+. The smallest absolute Gasteiger partial charge is 0.250 e. The van der Waals surface area contributed by atoms with Crippen molar-refractivity contribution in [2.24, 2.45) is 5.10 Å². The maximum absolute atomic E-state index is 14.1. The number of halogens is 1. The van der Waals surface area contributed by atoms with Crippen molar-refractivity contribution >= 4 is 23.9 Å². The topological polar surface area (TPSA) is 46.4 Å². The first-order valence-electron chi connectivity index (χ1n) is 8.91. The van der Waals surface area contributed by atoms with Gasteiger partial charge in [-0.15, -0.1) is 11.8 Å². The Morgan fingerprint density at radius 1 is 1.14 bits per heavy atom. The first kappa shape index (κ1) is 19.9. The third-order valence-electron chi connectivity index (χ3n) is 4.35. The van der Waals surface area contributed by atoms with Gasteiger partial charge in [-0.2, -0.15) is 5.10 Å². The van der Waals surface area contributed by atoms with Crippen LogP contribution in [0.2, 0.25) is 0 Å². The van der Waals surface area contributed by atoms with Crippen molar-refractivity contribution in [3.05, 3.63) is 82.9 Å². The number of nitrogens with zero attached hydrogens (tertiary/aromatic N) is 2. The Labute approximate surface area is 168 Å². The monoisotopic (exact) mass is 395 g/mol. The molecular weight excluding hydrogens is 373 g/mol. The van der Waals surface area contributed by atoms with Gasteiger partial charge in [0.2, 0.25) is 5.91 Å². The summed E-state index contributed by atoms with van der Waals surface area (Å²) >= 11 is 1.46. The Bertz CT molecular complexity index is 1010. The molecule has 3 aromatic rings. The fourth-order valence-corrected chi connectivity index (χ4v) is 3.60. The SMILES string of the molecule is Cc1ccc(SCC(=O)N/N=C/c2cc(C)n(-c3ccccc3F)c2C)cc1. The van der Waals surface area contributed by atoms with Gasteiger partial charge in [0.1, 0.15) is 5.82 Å². The second-order valence-corrected chi connectivity index (χ2v) is 7.56. The summed E-state index contributed by atoms with van der Waals surface area (Å²) in [6.45, 7) is 5.84. The average Bonchev–Trinajstić information content (AvgIpc) is 2.95. The molecule has 1 amide bonds. The Morgan fingerprint density at radius 3 is 2.57 bits per heavy atom.